The summed E-state index contributed by atoms with van der Waals surface area (Å²) in [7, 11) is 1.86. The van der Waals surface area contributed by atoms with Gasteiger partial charge in [0.25, 0.3) is 0 Å². The zero-order chi connectivity index (χ0) is 9.97. The van der Waals surface area contributed by atoms with Crippen molar-refractivity contribution in [2.75, 3.05) is 0 Å². The van der Waals surface area contributed by atoms with Gasteiger partial charge >= 0.3 is 0 Å². The highest BCUT2D eigenvalue weighted by molar-refractivity contribution is 5.18. The number of aryl methyl sites for hydroxylation is 1. The number of aromatic nitrogens is 2. The van der Waals surface area contributed by atoms with Crippen LogP contribution in [0.1, 0.15) is 17.5 Å². The second-order valence-electron chi connectivity index (χ2n) is 3.03. The van der Waals surface area contributed by atoms with E-state index in [9.17, 15) is 0 Å². The van der Waals surface area contributed by atoms with Gasteiger partial charge in [0, 0.05) is 13.2 Å². The smallest absolute Gasteiger partial charge is 0.128 e. The van der Waals surface area contributed by atoms with Crippen molar-refractivity contribution in [3.63, 3.8) is 0 Å². The number of hydrazine groups is 1. The Balaban J connectivity index is 2.31. The summed E-state index contributed by atoms with van der Waals surface area (Å²) in [6, 6.07) is 5.39. The number of nitrogens with zero attached hydrogens (tertiary/aromatic N) is 2. The van der Waals surface area contributed by atoms with Crippen LogP contribution < -0.4 is 11.3 Å². The van der Waals surface area contributed by atoms with Gasteiger partial charge in [-0.1, -0.05) is 0 Å². The summed E-state index contributed by atoms with van der Waals surface area (Å²) in [5.41, 5.74) is 3.50. The molecule has 0 radical (unpaired) electrons. The van der Waals surface area contributed by atoms with Crippen molar-refractivity contribution in [3.05, 3.63) is 42.1 Å². The molecular formula is C9H12N4O. The van der Waals surface area contributed by atoms with Gasteiger partial charge in [0.1, 0.15) is 11.8 Å². The number of nitrogens with one attached hydrogen (secondary N) is 1. The Labute approximate surface area is 81.5 Å². The molecule has 0 spiro atoms. The normalized spacial score (nSPS) is 13.0. The Hall–Kier alpha value is -1.59. The molecule has 0 aliphatic heterocycles. The summed E-state index contributed by atoms with van der Waals surface area (Å²) in [6.45, 7) is 0. The fraction of sp³-hybridized carbons (Fsp3) is 0.222. The molecule has 0 amide bonds. The molecule has 1 atom stereocenters. The van der Waals surface area contributed by atoms with Gasteiger partial charge in [0.15, 0.2) is 0 Å². The molecule has 0 saturated carbocycles. The van der Waals surface area contributed by atoms with Crippen LogP contribution in [0.2, 0.25) is 0 Å². The first-order valence-electron chi connectivity index (χ1n) is 4.30. The van der Waals surface area contributed by atoms with Gasteiger partial charge < -0.3 is 4.42 Å². The second kappa shape index (κ2) is 3.65. The number of hydrogen-bond acceptors (Lipinski definition) is 4. The third kappa shape index (κ3) is 1.55. The molecule has 1 unspecified atom stereocenters. The summed E-state index contributed by atoms with van der Waals surface area (Å²) in [4.78, 5) is 0. The van der Waals surface area contributed by atoms with Crippen molar-refractivity contribution < 1.29 is 4.42 Å². The van der Waals surface area contributed by atoms with Crippen LogP contribution in [0.15, 0.2) is 35.1 Å². The Morgan fingerprint density at radius 3 is 2.93 bits per heavy atom. The number of rotatable bonds is 3. The Morgan fingerprint density at radius 1 is 1.57 bits per heavy atom. The molecule has 0 aliphatic carbocycles. The van der Waals surface area contributed by atoms with Crippen molar-refractivity contribution in [1.82, 2.24) is 15.2 Å². The van der Waals surface area contributed by atoms with Gasteiger partial charge in [-0.25, -0.2) is 5.43 Å². The van der Waals surface area contributed by atoms with Crippen LogP contribution in [0.4, 0.5) is 0 Å². The van der Waals surface area contributed by atoms with Gasteiger partial charge in [-0.2, -0.15) is 5.10 Å². The maximum absolute atomic E-state index is 5.45. The van der Waals surface area contributed by atoms with Crippen LogP contribution in [0.3, 0.4) is 0 Å². The molecule has 0 aliphatic rings. The summed E-state index contributed by atoms with van der Waals surface area (Å²) in [5, 5.41) is 4.25. The largest absolute Gasteiger partial charge is 0.467 e. The average Bonchev–Trinajstić information content (AvgIpc) is 2.79. The van der Waals surface area contributed by atoms with Gasteiger partial charge in [0.2, 0.25) is 0 Å². The Kier molecular flexibility index (Phi) is 2.34. The SMILES string of the molecule is Cn1ccc(C(NN)c2ccco2)n1. The molecule has 5 heteroatoms. The molecule has 3 N–H and O–H groups in total. The minimum Gasteiger partial charge on any atom is -0.467 e. The minimum absolute atomic E-state index is 0.189. The van der Waals surface area contributed by atoms with E-state index >= 15 is 0 Å². The zero-order valence-corrected chi connectivity index (χ0v) is 7.84. The molecule has 74 valence electrons. The lowest BCUT2D eigenvalue weighted by Crippen LogP contribution is -2.28. The highest BCUT2D eigenvalue weighted by Crippen LogP contribution is 2.19. The molecule has 0 bridgehead atoms. The van der Waals surface area contributed by atoms with E-state index in [1.165, 1.54) is 0 Å². The van der Waals surface area contributed by atoms with Crippen LogP contribution >= 0.6 is 0 Å². The van der Waals surface area contributed by atoms with E-state index in [4.69, 9.17) is 10.3 Å². The number of furan rings is 1. The van der Waals surface area contributed by atoms with Crippen molar-refractivity contribution in [2.24, 2.45) is 12.9 Å². The third-order valence-corrected chi connectivity index (χ3v) is 2.02. The van der Waals surface area contributed by atoms with E-state index < -0.39 is 0 Å². The topological polar surface area (TPSA) is 69.0 Å². The Bertz CT molecular complexity index is 393. The standard InChI is InChI=1S/C9H12N4O/c1-13-5-4-7(12-13)9(11-10)8-3-2-6-14-8/h2-6,9,11H,10H2,1H3. The van der Waals surface area contributed by atoms with E-state index in [1.54, 1.807) is 10.9 Å². The molecule has 5 nitrogen and oxygen atoms in total. The minimum atomic E-state index is -0.189. The summed E-state index contributed by atoms with van der Waals surface area (Å²) < 4.78 is 6.98. The van der Waals surface area contributed by atoms with Crippen LogP contribution in [-0.2, 0) is 7.05 Å². The van der Waals surface area contributed by atoms with Crippen LogP contribution in [0, 0.1) is 0 Å². The second-order valence-corrected chi connectivity index (χ2v) is 3.03. The van der Waals surface area contributed by atoms with Crippen molar-refractivity contribution >= 4 is 0 Å². The predicted molar refractivity (Wildman–Crippen MR) is 51.1 cm³/mol. The maximum Gasteiger partial charge on any atom is 0.128 e. The molecular weight excluding hydrogens is 180 g/mol. The molecule has 0 saturated heterocycles. The monoisotopic (exact) mass is 192 g/mol. The lowest BCUT2D eigenvalue weighted by Gasteiger charge is -2.09. The zero-order valence-electron chi connectivity index (χ0n) is 7.84. The van der Waals surface area contributed by atoms with Gasteiger partial charge in [-0.05, 0) is 18.2 Å². The maximum atomic E-state index is 5.45. The number of nitrogens with two attached hydrogens (primary N) is 1. The van der Waals surface area contributed by atoms with Crippen LogP contribution in [0.25, 0.3) is 0 Å². The first-order valence-corrected chi connectivity index (χ1v) is 4.30. The summed E-state index contributed by atoms with van der Waals surface area (Å²) in [5.74, 6) is 6.20. The number of hydrogen-bond donors (Lipinski definition) is 2. The van der Waals surface area contributed by atoms with Crippen LogP contribution in [-0.4, -0.2) is 9.78 Å². The molecule has 2 aromatic heterocycles. The van der Waals surface area contributed by atoms with Crippen molar-refractivity contribution in [1.29, 1.82) is 0 Å². The van der Waals surface area contributed by atoms with E-state index in [0.717, 1.165) is 11.5 Å². The quantitative estimate of drug-likeness (QED) is 0.551. The molecule has 14 heavy (non-hydrogen) atoms. The predicted octanol–water partition coefficient (Wildman–Crippen LogP) is 0.566. The lowest BCUT2D eigenvalue weighted by molar-refractivity contribution is 0.445. The van der Waals surface area contributed by atoms with Crippen LogP contribution in [0.5, 0.6) is 0 Å². The molecule has 2 heterocycles. The van der Waals surface area contributed by atoms with E-state index in [0.29, 0.717) is 0 Å². The highest BCUT2D eigenvalue weighted by Gasteiger charge is 2.17. The average molecular weight is 192 g/mol. The molecule has 0 aromatic carbocycles. The first kappa shape index (κ1) is 8.98. The summed E-state index contributed by atoms with van der Waals surface area (Å²) >= 11 is 0. The van der Waals surface area contributed by atoms with Gasteiger partial charge in [-0.3, -0.25) is 10.5 Å². The van der Waals surface area contributed by atoms with E-state index in [1.807, 2.05) is 31.4 Å². The fourth-order valence-electron chi connectivity index (χ4n) is 1.36. The van der Waals surface area contributed by atoms with E-state index in [-0.39, 0.29) is 6.04 Å². The highest BCUT2D eigenvalue weighted by atomic mass is 16.3. The lowest BCUT2D eigenvalue weighted by atomic mass is 10.2. The van der Waals surface area contributed by atoms with Crippen molar-refractivity contribution in [3.8, 4) is 0 Å². The van der Waals surface area contributed by atoms with Gasteiger partial charge in [0.05, 0.1) is 12.0 Å². The molecule has 2 aromatic rings. The molecule has 2 rings (SSSR count). The fourth-order valence-corrected chi connectivity index (χ4v) is 1.36. The molecule has 0 fully saturated rings. The first-order chi connectivity index (χ1) is 6.81. The van der Waals surface area contributed by atoms with Gasteiger partial charge in [-0.15, -0.1) is 0 Å². The summed E-state index contributed by atoms with van der Waals surface area (Å²) in [6.07, 6.45) is 3.48. The van der Waals surface area contributed by atoms with Crippen molar-refractivity contribution in [2.45, 2.75) is 6.04 Å². The Morgan fingerprint density at radius 2 is 2.43 bits per heavy atom. The third-order valence-electron chi connectivity index (χ3n) is 2.02. The van der Waals surface area contributed by atoms with E-state index in [2.05, 4.69) is 10.5 Å².